The first-order chi connectivity index (χ1) is 8.92. The van der Waals surface area contributed by atoms with E-state index in [1.54, 1.807) is 23.4 Å². The third kappa shape index (κ3) is 2.22. The average molecular weight is 241 g/mol. The molecule has 18 heavy (non-hydrogen) atoms. The van der Waals surface area contributed by atoms with E-state index in [4.69, 9.17) is 4.42 Å². The number of anilines is 1. The predicted molar refractivity (Wildman–Crippen MR) is 65.2 cm³/mol. The van der Waals surface area contributed by atoms with Crippen molar-refractivity contribution in [1.29, 1.82) is 0 Å². The highest BCUT2D eigenvalue weighted by Gasteiger charge is 1.99. The molecule has 0 aliphatic rings. The fourth-order valence-electron chi connectivity index (χ4n) is 1.58. The predicted octanol–water partition coefficient (Wildman–Crippen LogP) is 1.87. The van der Waals surface area contributed by atoms with Crippen molar-refractivity contribution < 1.29 is 4.42 Å². The second-order valence-corrected chi connectivity index (χ2v) is 3.69. The molecule has 6 heteroatoms. The van der Waals surface area contributed by atoms with Crippen molar-refractivity contribution in [3.05, 3.63) is 55.0 Å². The molecule has 1 aromatic carbocycles. The number of nitrogens with zero attached hydrogens (tertiary/aromatic N) is 4. The Balaban J connectivity index is 1.68. The Morgan fingerprint density at radius 1 is 1.11 bits per heavy atom. The fourth-order valence-corrected chi connectivity index (χ4v) is 1.58. The van der Waals surface area contributed by atoms with E-state index in [2.05, 4.69) is 20.5 Å². The zero-order valence-electron chi connectivity index (χ0n) is 9.52. The first-order valence-corrected chi connectivity index (χ1v) is 5.50. The highest BCUT2D eigenvalue weighted by Crippen LogP contribution is 2.12. The van der Waals surface area contributed by atoms with E-state index < -0.39 is 0 Å². The first kappa shape index (κ1) is 10.5. The number of benzene rings is 1. The lowest BCUT2D eigenvalue weighted by molar-refractivity contribution is 0.512. The summed E-state index contributed by atoms with van der Waals surface area (Å²) in [6.07, 6.45) is 6.41. The number of hydrogen-bond acceptors (Lipinski definition) is 5. The molecule has 0 radical (unpaired) electrons. The Morgan fingerprint density at radius 3 is 2.56 bits per heavy atom. The summed E-state index contributed by atoms with van der Waals surface area (Å²) in [7, 11) is 0. The second kappa shape index (κ2) is 4.70. The largest absolute Gasteiger partial charge is 0.447 e. The number of oxazole rings is 1. The molecule has 0 amide bonds. The topological polar surface area (TPSA) is 68.8 Å². The molecule has 0 fully saturated rings. The number of nitrogens with one attached hydrogen (secondary N) is 1. The van der Waals surface area contributed by atoms with Gasteiger partial charge in [0.05, 0.1) is 30.8 Å². The van der Waals surface area contributed by atoms with E-state index >= 15 is 0 Å². The van der Waals surface area contributed by atoms with Crippen LogP contribution in [-0.2, 0) is 6.54 Å². The van der Waals surface area contributed by atoms with Crippen LogP contribution in [0.15, 0.2) is 53.7 Å². The van der Waals surface area contributed by atoms with Gasteiger partial charge in [-0.1, -0.05) is 0 Å². The Hall–Kier alpha value is -2.63. The smallest absolute Gasteiger partial charge is 0.180 e. The lowest BCUT2D eigenvalue weighted by atomic mass is 10.3. The van der Waals surface area contributed by atoms with E-state index in [0.29, 0.717) is 6.54 Å². The maximum absolute atomic E-state index is 5.14. The zero-order chi connectivity index (χ0) is 12.2. The Kier molecular flexibility index (Phi) is 2.75. The van der Waals surface area contributed by atoms with E-state index in [0.717, 1.165) is 17.1 Å². The summed E-state index contributed by atoms with van der Waals surface area (Å²) in [4.78, 5) is 5.43. The summed E-state index contributed by atoms with van der Waals surface area (Å²) in [5, 5.41) is 11.4. The minimum absolute atomic E-state index is 0.610. The number of aromatic nitrogens is 4. The molecule has 0 aliphatic heterocycles. The molecule has 90 valence electrons. The van der Waals surface area contributed by atoms with E-state index in [9.17, 15) is 0 Å². The summed E-state index contributed by atoms with van der Waals surface area (Å²) >= 11 is 0. The van der Waals surface area contributed by atoms with Crippen LogP contribution >= 0.6 is 0 Å². The van der Waals surface area contributed by atoms with Gasteiger partial charge in [-0.2, -0.15) is 15.0 Å². The lowest BCUT2D eigenvalue weighted by Gasteiger charge is -2.05. The molecule has 2 heterocycles. The van der Waals surface area contributed by atoms with Gasteiger partial charge in [-0.15, -0.1) is 0 Å². The maximum Gasteiger partial charge on any atom is 0.180 e. The van der Waals surface area contributed by atoms with Crippen LogP contribution in [0.5, 0.6) is 0 Å². The maximum atomic E-state index is 5.14. The Morgan fingerprint density at radius 2 is 1.89 bits per heavy atom. The summed E-state index contributed by atoms with van der Waals surface area (Å²) in [6, 6.07) is 7.83. The molecule has 3 rings (SSSR count). The molecule has 0 aliphatic carbocycles. The van der Waals surface area contributed by atoms with Crippen LogP contribution in [0, 0.1) is 0 Å². The third-order valence-electron chi connectivity index (χ3n) is 2.47. The van der Waals surface area contributed by atoms with Crippen molar-refractivity contribution in [2.45, 2.75) is 6.54 Å². The van der Waals surface area contributed by atoms with Crippen LogP contribution in [0.2, 0.25) is 0 Å². The van der Waals surface area contributed by atoms with Crippen LogP contribution in [0.4, 0.5) is 5.69 Å². The fraction of sp³-hybridized carbons (Fsp3) is 0.0833. The van der Waals surface area contributed by atoms with Crippen LogP contribution in [0.25, 0.3) is 5.69 Å². The van der Waals surface area contributed by atoms with Crippen molar-refractivity contribution in [2.75, 3.05) is 5.32 Å². The molecule has 6 nitrogen and oxygen atoms in total. The van der Waals surface area contributed by atoms with E-state index in [1.807, 2.05) is 24.3 Å². The molecule has 3 aromatic rings. The molecule has 1 N–H and O–H groups in total. The summed E-state index contributed by atoms with van der Waals surface area (Å²) < 4.78 is 5.14. The van der Waals surface area contributed by atoms with Gasteiger partial charge in [0, 0.05) is 5.69 Å². The standard InChI is InChI=1S/C12H11N5O/c1-3-11(17-15-5-6-16-17)4-2-10(1)14-8-12-7-13-9-18-12/h1-7,9,14H,8H2. The third-order valence-corrected chi connectivity index (χ3v) is 2.47. The van der Waals surface area contributed by atoms with Gasteiger partial charge in [-0.05, 0) is 24.3 Å². The van der Waals surface area contributed by atoms with Crippen LogP contribution in [0.3, 0.4) is 0 Å². The first-order valence-electron chi connectivity index (χ1n) is 5.50. The Labute approximate surface area is 103 Å². The average Bonchev–Trinajstić information content (AvgIpc) is 3.10. The molecular formula is C12H11N5O. The van der Waals surface area contributed by atoms with Crippen molar-refractivity contribution in [2.24, 2.45) is 0 Å². The highest BCUT2D eigenvalue weighted by atomic mass is 16.3. The molecule has 0 atom stereocenters. The van der Waals surface area contributed by atoms with Crippen LogP contribution < -0.4 is 5.32 Å². The highest BCUT2D eigenvalue weighted by molar-refractivity contribution is 5.48. The van der Waals surface area contributed by atoms with Gasteiger partial charge in [-0.3, -0.25) is 0 Å². The van der Waals surface area contributed by atoms with Crippen molar-refractivity contribution in [3.8, 4) is 5.69 Å². The Bertz CT molecular complexity index is 586. The molecule has 2 aromatic heterocycles. The lowest BCUT2D eigenvalue weighted by Crippen LogP contribution is -2.00. The quantitative estimate of drug-likeness (QED) is 0.755. The van der Waals surface area contributed by atoms with Gasteiger partial charge in [-0.25, -0.2) is 4.98 Å². The minimum Gasteiger partial charge on any atom is -0.447 e. The van der Waals surface area contributed by atoms with Gasteiger partial charge in [0.25, 0.3) is 0 Å². The van der Waals surface area contributed by atoms with Crippen LogP contribution in [0.1, 0.15) is 5.76 Å². The molecule has 0 spiro atoms. The SMILES string of the molecule is c1cnn(-c2ccc(NCc3cnco3)cc2)n1. The normalized spacial score (nSPS) is 10.4. The number of hydrogen-bond donors (Lipinski definition) is 1. The van der Waals surface area contributed by atoms with Gasteiger partial charge >= 0.3 is 0 Å². The summed E-state index contributed by atoms with van der Waals surface area (Å²) in [6.45, 7) is 0.610. The zero-order valence-corrected chi connectivity index (χ0v) is 9.52. The van der Waals surface area contributed by atoms with Crippen LogP contribution in [-0.4, -0.2) is 20.0 Å². The van der Waals surface area contributed by atoms with Gasteiger partial charge in [0.2, 0.25) is 0 Å². The van der Waals surface area contributed by atoms with Gasteiger partial charge in [0.1, 0.15) is 5.76 Å². The summed E-state index contributed by atoms with van der Waals surface area (Å²) in [5.74, 6) is 0.799. The number of rotatable bonds is 4. The second-order valence-electron chi connectivity index (χ2n) is 3.69. The minimum atomic E-state index is 0.610. The van der Waals surface area contributed by atoms with Crippen molar-refractivity contribution in [1.82, 2.24) is 20.0 Å². The monoisotopic (exact) mass is 241 g/mol. The van der Waals surface area contributed by atoms with Gasteiger partial charge < -0.3 is 9.73 Å². The molecular weight excluding hydrogens is 230 g/mol. The van der Waals surface area contributed by atoms with Crippen molar-refractivity contribution in [3.63, 3.8) is 0 Å². The molecule has 0 saturated carbocycles. The summed E-state index contributed by atoms with van der Waals surface area (Å²) in [5.41, 5.74) is 1.92. The molecule has 0 saturated heterocycles. The van der Waals surface area contributed by atoms with Crippen molar-refractivity contribution >= 4 is 5.69 Å². The van der Waals surface area contributed by atoms with Gasteiger partial charge in [0.15, 0.2) is 6.39 Å². The van der Waals surface area contributed by atoms with E-state index in [-0.39, 0.29) is 0 Å². The van der Waals surface area contributed by atoms with E-state index in [1.165, 1.54) is 6.39 Å². The molecule has 0 bridgehead atoms. The molecule has 0 unspecified atom stereocenters.